The minimum Gasteiger partial charge on any atom is -0.507 e. The number of aromatic hydroxyl groups is 1. The molecule has 0 aliphatic rings. The van der Waals surface area contributed by atoms with Gasteiger partial charge in [0.2, 0.25) is 0 Å². The Morgan fingerprint density at radius 2 is 1.38 bits per heavy atom. The molecular weight excluding hydrogens is 294 g/mol. The molecule has 3 aromatic carbocycles. The average Bonchev–Trinajstić information content (AvgIpc) is 2.99. The van der Waals surface area contributed by atoms with Crippen molar-refractivity contribution >= 4 is 10.9 Å². The Bertz CT molecular complexity index is 1010. The van der Waals surface area contributed by atoms with Crippen LogP contribution in [0.4, 0.5) is 0 Å². The van der Waals surface area contributed by atoms with E-state index in [-0.39, 0.29) is 0 Å². The van der Waals surface area contributed by atoms with E-state index in [1.54, 1.807) is 0 Å². The quantitative estimate of drug-likeness (QED) is 0.510. The summed E-state index contributed by atoms with van der Waals surface area (Å²) in [6, 6.07) is 25.1. The number of para-hydroxylation sites is 2. The molecule has 0 atom stereocenters. The third-order valence-corrected chi connectivity index (χ3v) is 4.51. The van der Waals surface area contributed by atoms with E-state index in [9.17, 15) is 5.11 Å². The van der Waals surface area contributed by atoms with Crippen molar-refractivity contribution in [3.63, 3.8) is 0 Å². The molecule has 0 saturated heterocycles. The molecule has 4 aromatic rings. The summed E-state index contributed by atoms with van der Waals surface area (Å²) in [6.07, 6.45) is 0. The molecule has 24 heavy (non-hydrogen) atoms. The summed E-state index contributed by atoms with van der Waals surface area (Å²) in [4.78, 5) is 0. The van der Waals surface area contributed by atoms with Gasteiger partial charge in [0.15, 0.2) is 0 Å². The second-order valence-corrected chi connectivity index (χ2v) is 6.22. The molecule has 0 bridgehead atoms. The number of phenolic OH excluding ortho intramolecular Hbond substituents is 1. The van der Waals surface area contributed by atoms with Crippen LogP contribution in [0.3, 0.4) is 0 Å². The fourth-order valence-corrected chi connectivity index (χ4v) is 3.33. The summed E-state index contributed by atoms with van der Waals surface area (Å²) in [6.45, 7) is 3.89. The third-order valence-electron chi connectivity index (χ3n) is 4.51. The number of rotatable bonds is 2. The van der Waals surface area contributed by atoms with E-state index in [0.717, 1.165) is 28.1 Å². The fraction of sp³-hybridized carbons (Fsp3) is 0.0909. The lowest BCUT2D eigenvalue weighted by molar-refractivity contribution is 0.467. The number of benzene rings is 3. The summed E-state index contributed by atoms with van der Waals surface area (Å²) in [5, 5.41) is 11.3. The van der Waals surface area contributed by atoms with Crippen LogP contribution in [0.15, 0.2) is 72.8 Å². The highest BCUT2D eigenvalue weighted by Gasteiger charge is 2.14. The van der Waals surface area contributed by atoms with Crippen LogP contribution >= 0.6 is 0 Å². The summed E-state index contributed by atoms with van der Waals surface area (Å²) < 4.78 is 2.28. The first-order valence-electron chi connectivity index (χ1n) is 8.11. The highest BCUT2D eigenvalue weighted by molar-refractivity contribution is 5.89. The van der Waals surface area contributed by atoms with E-state index in [1.807, 2.05) is 19.9 Å². The van der Waals surface area contributed by atoms with Gasteiger partial charge in [-0.05, 0) is 66.9 Å². The number of hydrogen-bond acceptors (Lipinski definition) is 1. The lowest BCUT2D eigenvalue weighted by Crippen LogP contribution is -1.97. The first-order valence-corrected chi connectivity index (χ1v) is 8.11. The third kappa shape index (κ3) is 2.28. The van der Waals surface area contributed by atoms with E-state index in [1.165, 1.54) is 10.9 Å². The number of phenols is 1. The molecule has 0 spiro atoms. The highest BCUT2D eigenvalue weighted by atomic mass is 16.3. The van der Waals surface area contributed by atoms with Crippen molar-refractivity contribution < 1.29 is 5.11 Å². The zero-order chi connectivity index (χ0) is 16.7. The van der Waals surface area contributed by atoms with Crippen LogP contribution in [-0.2, 0) is 0 Å². The predicted molar refractivity (Wildman–Crippen MR) is 99.8 cm³/mol. The second kappa shape index (κ2) is 5.57. The molecule has 1 N–H and O–H groups in total. The minimum absolute atomic E-state index is 0.376. The summed E-state index contributed by atoms with van der Waals surface area (Å²) in [7, 11) is 0. The molecule has 2 nitrogen and oxygen atoms in total. The molecule has 0 aliphatic carbocycles. The van der Waals surface area contributed by atoms with Crippen LogP contribution in [0.2, 0.25) is 0 Å². The van der Waals surface area contributed by atoms with E-state index < -0.39 is 0 Å². The van der Waals surface area contributed by atoms with Crippen LogP contribution in [0, 0.1) is 13.8 Å². The van der Waals surface area contributed by atoms with Gasteiger partial charge in [-0.25, -0.2) is 0 Å². The van der Waals surface area contributed by atoms with Gasteiger partial charge in [-0.1, -0.05) is 36.4 Å². The average molecular weight is 313 g/mol. The van der Waals surface area contributed by atoms with Crippen LogP contribution < -0.4 is 0 Å². The Morgan fingerprint density at radius 1 is 0.750 bits per heavy atom. The number of aryl methyl sites for hydroxylation is 2. The largest absolute Gasteiger partial charge is 0.507 e. The zero-order valence-corrected chi connectivity index (χ0v) is 13.8. The smallest absolute Gasteiger partial charge is 0.121 e. The molecule has 0 fully saturated rings. The molecule has 118 valence electrons. The van der Waals surface area contributed by atoms with Crippen molar-refractivity contribution in [3.05, 3.63) is 83.9 Å². The SMILES string of the molecule is Cc1cc(-c2cc3ccccc3n2-c2ccccc2)cc(C)c1O. The Morgan fingerprint density at radius 3 is 2.08 bits per heavy atom. The molecular formula is C22H19NO. The summed E-state index contributed by atoms with van der Waals surface area (Å²) in [5.41, 5.74) is 6.36. The fourth-order valence-electron chi connectivity index (χ4n) is 3.33. The van der Waals surface area contributed by atoms with Gasteiger partial charge in [0, 0.05) is 11.1 Å². The van der Waals surface area contributed by atoms with Crippen LogP contribution in [0.5, 0.6) is 5.75 Å². The van der Waals surface area contributed by atoms with Crippen LogP contribution in [0.25, 0.3) is 27.8 Å². The molecule has 1 heterocycles. The number of fused-ring (bicyclic) bond motifs is 1. The predicted octanol–water partition coefficient (Wildman–Crippen LogP) is 5.62. The Labute approximate surface area is 141 Å². The Kier molecular flexibility index (Phi) is 3.39. The summed E-state index contributed by atoms with van der Waals surface area (Å²) in [5.74, 6) is 0.376. The van der Waals surface area contributed by atoms with E-state index in [2.05, 4.69) is 71.3 Å². The molecule has 2 heteroatoms. The maximum atomic E-state index is 10.1. The molecule has 4 rings (SSSR count). The van der Waals surface area contributed by atoms with Crippen molar-refractivity contribution in [2.24, 2.45) is 0 Å². The normalized spacial score (nSPS) is 11.1. The molecule has 0 amide bonds. The zero-order valence-electron chi connectivity index (χ0n) is 13.8. The lowest BCUT2D eigenvalue weighted by Gasteiger charge is -2.13. The van der Waals surface area contributed by atoms with Crippen molar-refractivity contribution in [1.82, 2.24) is 4.57 Å². The maximum Gasteiger partial charge on any atom is 0.121 e. The van der Waals surface area contributed by atoms with Gasteiger partial charge in [0.1, 0.15) is 5.75 Å². The minimum atomic E-state index is 0.376. The van der Waals surface area contributed by atoms with Gasteiger partial charge in [0.25, 0.3) is 0 Å². The van der Waals surface area contributed by atoms with Crippen molar-refractivity contribution in [3.8, 4) is 22.7 Å². The van der Waals surface area contributed by atoms with Crippen LogP contribution in [0.1, 0.15) is 11.1 Å². The van der Waals surface area contributed by atoms with Crippen molar-refractivity contribution in [1.29, 1.82) is 0 Å². The molecule has 0 aliphatic heterocycles. The first-order chi connectivity index (χ1) is 11.6. The number of aromatic nitrogens is 1. The second-order valence-electron chi connectivity index (χ2n) is 6.22. The van der Waals surface area contributed by atoms with Crippen molar-refractivity contribution in [2.75, 3.05) is 0 Å². The molecule has 1 aromatic heterocycles. The first kappa shape index (κ1) is 14.6. The monoisotopic (exact) mass is 313 g/mol. The molecule has 0 radical (unpaired) electrons. The Balaban J connectivity index is 2.06. The highest BCUT2D eigenvalue weighted by Crippen LogP contribution is 2.34. The van der Waals surface area contributed by atoms with E-state index in [0.29, 0.717) is 5.75 Å². The number of hydrogen-bond donors (Lipinski definition) is 1. The van der Waals surface area contributed by atoms with Gasteiger partial charge in [0.05, 0.1) is 11.2 Å². The standard InChI is InChI=1S/C22H19NO/c1-15-12-18(13-16(2)22(15)24)21-14-17-8-6-7-11-20(17)23(21)19-9-4-3-5-10-19/h3-14,24H,1-2H3. The van der Waals surface area contributed by atoms with Crippen molar-refractivity contribution in [2.45, 2.75) is 13.8 Å². The molecule has 0 saturated carbocycles. The van der Waals surface area contributed by atoms with Gasteiger partial charge >= 0.3 is 0 Å². The van der Waals surface area contributed by atoms with Gasteiger partial charge in [-0.15, -0.1) is 0 Å². The van der Waals surface area contributed by atoms with Crippen LogP contribution in [-0.4, -0.2) is 9.67 Å². The van der Waals surface area contributed by atoms with Gasteiger partial charge in [-0.2, -0.15) is 0 Å². The van der Waals surface area contributed by atoms with Gasteiger partial charge < -0.3 is 9.67 Å². The topological polar surface area (TPSA) is 25.2 Å². The molecule has 0 unspecified atom stereocenters. The summed E-state index contributed by atoms with van der Waals surface area (Å²) >= 11 is 0. The Hall–Kier alpha value is -3.00. The number of nitrogens with zero attached hydrogens (tertiary/aromatic N) is 1. The van der Waals surface area contributed by atoms with E-state index in [4.69, 9.17) is 0 Å². The van der Waals surface area contributed by atoms with Gasteiger partial charge in [-0.3, -0.25) is 0 Å². The lowest BCUT2D eigenvalue weighted by atomic mass is 10.0. The van der Waals surface area contributed by atoms with E-state index >= 15 is 0 Å². The maximum absolute atomic E-state index is 10.1.